The molecule has 6 N–H and O–H groups in total. The Hall–Kier alpha value is -2.99. The molecule has 0 aliphatic rings. The first-order valence-electron chi connectivity index (χ1n) is 10.2. The third-order valence-corrected chi connectivity index (χ3v) is 6.19. The predicted octanol–water partition coefficient (Wildman–Crippen LogP) is 0.723. The molecule has 2 rings (SSSR count). The number of halogens is 1. The number of sulfonamides is 1. The van der Waals surface area contributed by atoms with Crippen LogP contribution in [0.5, 0.6) is 5.75 Å². The lowest BCUT2D eigenvalue weighted by Gasteiger charge is -2.20. The monoisotopic (exact) mass is 511 g/mol. The van der Waals surface area contributed by atoms with Crippen molar-refractivity contribution in [2.75, 3.05) is 19.3 Å². The standard InChI is InChI=1S/C22H29N5O5S.ClH/c1-3-33(31,32)26-18(11-15-7-5-4-6-8-15)22(30)25-20(29)14-27(2)13-16-9-10-17(21(23)24)19(28)12-16;/h4-10,12,18,26,28H,3,11,13-14H2,1-2H3,(H3,23,24)(H,25,29,30);1H/t18-;/m1./s1. The van der Waals surface area contributed by atoms with Crippen LogP contribution in [0.2, 0.25) is 0 Å². The van der Waals surface area contributed by atoms with Crippen molar-refractivity contribution in [3.8, 4) is 5.75 Å². The normalized spacial score (nSPS) is 12.0. The smallest absolute Gasteiger partial charge is 0.245 e. The number of carbonyl (C=O) groups excluding carboxylic acids is 2. The minimum Gasteiger partial charge on any atom is -0.507 e. The van der Waals surface area contributed by atoms with Crippen molar-refractivity contribution in [3.63, 3.8) is 0 Å². The van der Waals surface area contributed by atoms with Gasteiger partial charge in [0.1, 0.15) is 17.6 Å². The maximum atomic E-state index is 12.7. The molecule has 2 aromatic carbocycles. The van der Waals surface area contributed by atoms with Crippen LogP contribution in [-0.2, 0) is 32.6 Å². The molecule has 2 aromatic rings. The Labute approximate surface area is 205 Å². The Morgan fingerprint density at radius 2 is 1.79 bits per heavy atom. The van der Waals surface area contributed by atoms with Gasteiger partial charge in [0.15, 0.2) is 0 Å². The maximum absolute atomic E-state index is 12.7. The zero-order chi connectivity index (χ0) is 24.6. The van der Waals surface area contributed by atoms with Crippen molar-refractivity contribution in [1.82, 2.24) is 14.9 Å². The fraction of sp³-hybridized carbons (Fsp3) is 0.318. The van der Waals surface area contributed by atoms with Crippen molar-refractivity contribution in [2.45, 2.75) is 25.9 Å². The Balaban J connectivity index is 0.00000578. The second-order valence-corrected chi connectivity index (χ2v) is 9.66. The number of rotatable bonds is 11. The van der Waals surface area contributed by atoms with E-state index in [0.717, 1.165) is 5.56 Å². The highest BCUT2D eigenvalue weighted by Gasteiger charge is 2.25. The van der Waals surface area contributed by atoms with E-state index >= 15 is 0 Å². The number of aromatic hydroxyl groups is 1. The summed E-state index contributed by atoms with van der Waals surface area (Å²) in [6.07, 6.45) is 0.0940. The van der Waals surface area contributed by atoms with E-state index in [1.165, 1.54) is 19.1 Å². The van der Waals surface area contributed by atoms with Gasteiger partial charge in [-0.25, -0.2) is 13.1 Å². The van der Waals surface area contributed by atoms with Gasteiger partial charge >= 0.3 is 0 Å². The lowest BCUT2D eigenvalue weighted by atomic mass is 10.1. The molecule has 0 heterocycles. The Kier molecular flexibility index (Phi) is 11.1. The molecule has 0 unspecified atom stereocenters. The van der Waals surface area contributed by atoms with Gasteiger partial charge < -0.3 is 10.8 Å². The van der Waals surface area contributed by atoms with E-state index in [4.69, 9.17) is 11.1 Å². The summed E-state index contributed by atoms with van der Waals surface area (Å²) in [5.41, 5.74) is 7.02. The minimum atomic E-state index is -3.68. The number of nitrogen functional groups attached to an aromatic ring is 1. The van der Waals surface area contributed by atoms with Crippen LogP contribution >= 0.6 is 12.4 Å². The Bertz CT molecular complexity index is 1110. The topological polar surface area (TPSA) is 166 Å². The van der Waals surface area contributed by atoms with E-state index in [9.17, 15) is 23.1 Å². The highest BCUT2D eigenvalue weighted by Crippen LogP contribution is 2.19. The summed E-state index contributed by atoms with van der Waals surface area (Å²) < 4.78 is 26.4. The molecule has 0 aliphatic carbocycles. The zero-order valence-electron chi connectivity index (χ0n) is 18.9. The number of hydrogen-bond donors (Lipinski definition) is 5. The number of carbonyl (C=O) groups is 2. The summed E-state index contributed by atoms with van der Waals surface area (Å²) in [5, 5.41) is 19.6. The van der Waals surface area contributed by atoms with Crippen molar-refractivity contribution in [3.05, 3.63) is 65.2 Å². The van der Waals surface area contributed by atoms with E-state index in [0.29, 0.717) is 5.56 Å². The summed E-state index contributed by atoms with van der Waals surface area (Å²) >= 11 is 0. The first-order valence-corrected chi connectivity index (χ1v) is 11.9. The number of amides is 2. The van der Waals surface area contributed by atoms with Gasteiger partial charge in [0, 0.05) is 6.54 Å². The number of phenols is 1. The number of nitrogens with two attached hydrogens (primary N) is 1. The van der Waals surface area contributed by atoms with E-state index in [2.05, 4.69) is 10.0 Å². The molecule has 2 amide bonds. The van der Waals surface area contributed by atoms with Crippen molar-refractivity contribution in [2.24, 2.45) is 5.73 Å². The molecule has 0 spiro atoms. The minimum absolute atomic E-state index is 0. The predicted molar refractivity (Wildman–Crippen MR) is 132 cm³/mol. The first kappa shape index (κ1) is 29.0. The van der Waals surface area contributed by atoms with Gasteiger partial charge in [-0.3, -0.25) is 25.2 Å². The molecule has 186 valence electrons. The van der Waals surface area contributed by atoms with Crippen LogP contribution in [0.25, 0.3) is 0 Å². The maximum Gasteiger partial charge on any atom is 0.245 e. The summed E-state index contributed by atoms with van der Waals surface area (Å²) in [4.78, 5) is 26.7. The van der Waals surface area contributed by atoms with Crippen LogP contribution in [0.4, 0.5) is 0 Å². The fourth-order valence-corrected chi connectivity index (χ4v) is 3.91. The molecular weight excluding hydrogens is 482 g/mol. The molecule has 1 atom stereocenters. The number of amidine groups is 1. The number of nitrogens with zero attached hydrogens (tertiary/aromatic N) is 1. The average Bonchev–Trinajstić information content (AvgIpc) is 2.73. The number of benzene rings is 2. The van der Waals surface area contributed by atoms with E-state index in [1.807, 2.05) is 6.07 Å². The average molecular weight is 512 g/mol. The van der Waals surface area contributed by atoms with Crippen molar-refractivity contribution < 1.29 is 23.1 Å². The second-order valence-electron chi connectivity index (χ2n) is 7.61. The van der Waals surface area contributed by atoms with Crippen LogP contribution in [0.15, 0.2) is 48.5 Å². The second kappa shape index (κ2) is 13.0. The number of likely N-dealkylation sites (N-methyl/N-ethyl adjacent to an activating group) is 1. The number of hydrogen-bond acceptors (Lipinski definition) is 7. The van der Waals surface area contributed by atoms with E-state index in [1.54, 1.807) is 42.3 Å². The van der Waals surface area contributed by atoms with Crippen molar-refractivity contribution >= 4 is 40.1 Å². The molecule has 0 fully saturated rings. The van der Waals surface area contributed by atoms with Gasteiger partial charge in [-0.05, 0) is 43.7 Å². The van der Waals surface area contributed by atoms with Gasteiger partial charge in [0.2, 0.25) is 21.8 Å². The van der Waals surface area contributed by atoms with E-state index in [-0.39, 0.29) is 54.8 Å². The van der Waals surface area contributed by atoms with Gasteiger partial charge in [-0.15, -0.1) is 12.4 Å². The quantitative estimate of drug-likeness (QED) is 0.219. The number of imide groups is 1. The summed E-state index contributed by atoms with van der Waals surface area (Å²) in [6.45, 7) is 1.60. The third kappa shape index (κ3) is 9.10. The first-order chi connectivity index (χ1) is 15.5. The summed E-state index contributed by atoms with van der Waals surface area (Å²) in [7, 11) is -2.02. The number of nitrogens with one attached hydrogen (secondary N) is 3. The molecule has 0 aliphatic heterocycles. The highest BCUT2D eigenvalue weighted by molar-refractivity contribution is 7.89. The molecule has 10 nitrogen and oxygen atoms in total. The van der Waals surface area contributed by atoms with Gasteiger partial charge in [0.05, 0.1) is 17.9 Å². The van der Waals surface area contributed by atoms with Crippen LogP contribution in [0, 0.1) is 5.41 Å². The Morgan fingerprint density at radius 3 is 2.35 bits per heavy atom. The Morgan fingerprint density at radius 1 is 1.15 bits per heavy atom. The summed E-state index contributed by atoms with van der Waals surface area (Å²) in [5.74, 6) is -1.93. The van der Waals surface area contributed by atoms with Crippen LogP contribution in [0.3, 0.4) is 0 Å². The fourth-order valence-electron chi connectivity index (χ4n) is 3.12. The zero-order valence-corrected chi connectivity index (χ0v) is 20.6. The third-order valence-electron chi connectivity index (χ3n) is 4.78. The molecule has 0 saturated heterocycles. The lowest BCUT2D eigenvalue weighted by molar-refractivity contribution is -0.131. The highest BCUT2D eigenvalue weighted by atomic mass is 35.5. The molecule has 0 saturated carbocycles. The molecule has 12 heteroatoms. The number of phenolic OH excluding ortho intramolecular Hbond substituents is 1. The van der Waals surface area contributed by atoms with Gasteiger partial charge in [-0.2, -0.15) is 0 Å². The molecule has 0 bridgehead atoms. The van der Waals surface area contributed by atoms with Crippen LogP contribution < -0.4 is 15.8 Å². The molecular formula is C22H30ClN5O5S. The largest absolute Gasteiger partial charge is 0.507 e. The molecule has 0 radical (unpaired) electrons. The van der Waals surface area contributed by atoms with Gasteiger partial charge in [-0.1, -0.05) is 36.4 Å². The SMILES string of the molecule is CCS(=O)(=O)N[C@H](Cc1ccccc1)C(=O)NC(=O)CN(C)Cc1ccc(C(=N)N)c(O)c1.Cl. The van der Waals surface area contributed by atoms with Gasteiger partial charge in [0.25, 0.3) is 0 Å². The molecule has 0 aromatic heterocycles. The van der Waals surface area contributed by atoms with Crippen LogP contribution in [-0.4, -0.2) is 61.5 Å². The summed E-state index contributed by atoms with van der Waals surface area (Å²) in [6, 6.07) is 12.4. The van der Waals surface area contributed by atoms with E-state index < -0.39 is 27.9 Å². The lowest BCUT2D eigenvalue weighted by Crippen LogP contribution is -2.51. The van der Waals surface area contributed by atoms with Crippen molar-refractivity contribution in [1.29, 1.82) is 5.41 Å². The van der Waals surface area contributed by atoms with Crippen LogP contribution in [0.1, 0.15) is 23.6 Å². The molecule has 34 heavy (non-hydrogen) atoms.